The lowest BCUT2D eigenvalue weighted by Gasteiger charge is -2.11. The molecule has 0 aliphatic carbocycles. The monoisotopic (exact) mass is 346 g/mol. The fourth-order valence-corrected chi connectivity index (χ4v) is 4.15. The molecule has 1 unspecified atom stereocenters. The predicted octanol–water partition coefficient (Wildman–Crippen LogP) is 1.45. The van der Waals surface area contributed by atoms with E-state index in [9.17, 15) is 13.2 Å². The van der Waals surface area contributed by atoms with E-state index < -0.39 is 15.7 Å². The highest BCUT2D eigenvalue weighted by atomic mass is 32.2. The van der Waals surface area contributed by atoms with Crippen LogP contribution in [0.25, 0.3) is 0 Å². The van der Waals surface area contributed by atoms with Gasteiger partial charge in [0.25, 0.3) is 5.91 Å². The maximum atomic E-state index is 12.2. The minimum absolute atomic E-state index is 0.0156. The van der Waals surface area contributed by atoms with E-state index in [0.717, 1.165) is 11.3 Å². The summed E-state index contributed by atoms with van der Waals surface area (Å²) in [6.07, 6.45) is 1.93. The Bertz CT molecular complexity index is 850. The average molecular weight is 346 g/mol. The molecular formula is C16H18N4O3S. The van der Waals surface area contributed by atoms with Gasteiger partial charge in [-0.1, -0.05) is 17.7 Å². The summed E-state index contributed by atoms with van der Waals surface area (Å²) in [5, 5.41) is 5.75. The highest BCUT2D eigenvalue weighted by Gasteiger charge is 2.29. The van der Waals surface area contributed by atoms with E-state index >= 15 is 0 Å². The molecule has 1 aliphatic heterocycles. The lowest BCUT2D eigenvalue weighted by molar-refractivity contribution is 0.0936. The zero-order valence-corrected chi connectivity index (χ0v) is 14.0. The summed E-state index contributed by atoms with van der Waals surface area (Å²) in [5.41, 5.74) is 2.16. The molecule has 24 heavy (non-hydrogen) atoms. The van der Waals surface area contributed by atoms with Gasteiger partial charge < -0.3 is 10.6 Å². The van der Waals surface area contributed by atoms with E-state index in [1.165, 1.54) is 12.3 Å². The van der Waals surface area contributed by atoms with Gasteiger partial charge in [-0.2, -0.15) is 0 Å². The van der Waals surface area contributed by atoms with Gasteiger partial charge in [0.05, 0.1) is 11.5 Å². The van der Waals surface area contributed by atoms with Gasteiger partial charge in [-0.05, 0) is 31.5 Å². The minimum Gasteiger partial charge on any atom is -0.347 e. The standard InChI is InChI=1S/C16H18N4O3S/c1-11-2-4-12(5-3-11)19-16-17-8-6-14(20-16)15(21)18-13-7-9-24(22,23)10-13/h2-6,8,13H,7,9-10H2,1H3,(H,18,21)(H,17,19,20). The molecule has 2 N–H and O–H groups in total. The molecular weight excluding hydrogens is 328 g/mol. The summed E-state index contributed by atoms with van der Waals surface area (Å²) in [5.74, 6) is 0.0114. The maximum Gasteiger partial charge on any atom is 0.270 e. The van der Waals surface area contributed by atoms with Crippen molar-refractivity contribution in [2.45, 2.75) is 19.4 Å². The molecule has 0 bridgehead atoms. The Balaban J connectivity index is 1.68. The zero-order valence-electron chi connectivity index (χ0n) is 13.2. The predicted molar refractivity (Wildman–Crippen MR) is 91.0 cm³/mol. The fourth-order valence-electron chi connectivity index (χ4n) is 2.48. The van der Waals surface area contributed by atoms with Crippen LogP contribution in [0.2, 0.25) is 0 Å². The van der Waals surface area contributed by atoms with Crippen LogP contribution in [0.3, 0.4) is 0 Å². The molecule has 1 fully saturated rings. The number of hydrogen-bond donors (Lipinski definition) is 2. The van der Waals surface area contributed by atoms with Gasteiger partial charge in [0.2, 0.25) is 5.95 Å². The van der Waals surface area contributed by atoms with Crippen molar-refractivity contribution in [3.8, 4) is 0 Å². The van der Waals surface area contributed by atoms with Crippen molar-refractivity contribution in [2.24, 2.45) is 0 Å². The first-order valence-electron chi connectivity index (χ1n) is 7.59. The first-order valence-corrected chi connectivity index (χ1v) is 9.41. The number of nitrogens with one attached hydrogen (secondary N) is 2. The van der Waals surface area contributed by atoms with Crippen molar-refractivity contribution in [1.82, 2.24) is 15.3 Å². The summed E-state index contributed by atoms with van der Waals surface area (Å²) in [6.45, 7) is 1.99. The Morgan fingerprint density at radius 3 is 2.62 bits per heavy atom. The summed E-state index contributed by atoms with van der Waals surface area (Å²) in [4.78, 5) is 20.5. The second-order valence-corrected chi connectivity index (χ2v) is 8.06. The van der Waals surface area contributed by atoms with Crippen molar-refractivity contribution in [1.29, 1.82) is 0 Å². The molecule has 1 saturated heterocycles. The van der Waals surface area contributed by atoms with Gasteiger partial charge in [-0.3, -0.25) is 4.79 Å². The Morgan fingerprint density at radius 2 is 1.96 bits per heavy atom. The van der Waals surface area contributed by atoms with Gasteiger partial charge in [0.15, 0.2) is 9.84 Å². The molecule has 2 heterocycles. The van der Waals surface area contributed by atoms with Crippen LogP contribution < -0.4 is 10.6 Å². The van der Waals surface area contributed by atoms with Crippen molar-refractivity contribution in [3.05, 3.63) is 47.8 Å². The number of anilines is 2. The molecule has 3 rings (SSSR count). The first-order chi connectivity index (χ1) is 11.4. The Hall–Kier alpha value is -2.48. The Kier molecular flexibility index (Phi) is 4.48. The molecule has 8 heteroatoms. The number of sulfone groups is 1. The Morgan fingerprint density at radius 1 is 1.21 bits per heavy atom. The number of carbonyl (C=O) groups is 1. The number of aromatic nitrogens is 2. The number of rotatable bonds is 4. The number of hydrogen-bond acceptors (Lipinski definition) is 6. The number of carbonyl (C=O) groups excluding carboxylic acids is 1. The number of aryl methyl sites for hydroxylation is 1. The van der Waals surface area contributed by atoms with E-state index in [1.54, 1.807) is 0 Å². The van der Waals surface area contributed by atoms with Gasteiger partial charge in [-0.25, -0.2) is 18.4 Å². The van der Waals surface area contributed by atoms with Crippen LogP contribution in [0.1, 0.15) is 22.5 Å². The van der Waals surface area contributed by atoms with Crippen LogP contribution in [-0.4, -0.2) is 41.8 Å². The van der Waals surface area contributed by atoms with Gasteiger partial charge in [-0.15, -0.1) is 0 Å². The molecule has 1 amide bonds. The fraction of sp³-hybridized carbons (Fsp3) is 0.312. The van der Waals surface area contributed by atoms with Crippen LogP contribution in [0.4, 0.5) is 11.6 Å². The molecule has 1 atom stereocenters. The zero-order chi connectivity index (χ0) is 17.2. The molecule has 0 spiro atoms. The van der Waals surface area contributed by atoms with Gasteiger partial charge >= 0.3 is 0 Å². The van der Waals surface area contributed by atoms with Crippen molar-refractivity contribution in [3.63, 3.8) is 0 Å². The lowest BCUT2D eigenvalue weighted by atomic mass is 10.2. The van der Waals surface area contributed by atoms with Crippen LogP contribution in [-0.2, 0) is 9.84 Å². The van der Waals surface area contributed by atoms with Crippen molar-refractivity contribution < 1.29 is 13.2 Å². The third-order valence-corrected chi connectivity index (χ3v) is 5.53. The lowest BCUT2D eigenvalue weighted by Crippen LogP contribution is -2.36. The molecule has 2 aromatic rings. The van der Waals surface area contributed by atoms with E-state index in [1.807, 2.05) is 31.2 Å². The van der Waals surface area contributed by atoms with Gasteiger partial charge in [0, 0.05) is 17.9 Å². The Labute approximate surface area is 140 Å². The molecule has 0 radical (unpaired) electrons. The highest BCUT2D eigenvalue weighted by molar-refractivity contribution is 7.91. The van der Waals surface area contributed by atoms with Crippen LogP contribution in [0, 0.1) is 6.92 Å². The second-order valence-electron chi connectivity index (χ2n) is 5.83. The van der Waals surface area contributed by atoms with Crippen LogP contribution in [0.15, 0.2) is 36.5 Å². The van der Waals surface area contributed by atoms with Gasteiger partial charge in [0.1, 0.15) is 5.69 Å². The summed E-state index contributed by atoms with van der Waals surface area (Å²) >= 11 is 0. The summed E-state index contributed by atoms with van der Waals surface area (Å²) in [7, 11) is -3.04. The molecule has 0 saturated carbocycles. The number of benzene rings is 1. The van der Waals surface area contributed by atoms with Crippen LogP contribution >= 0.6 is 0 Å². The minimum atomic E-state index is -3.04. The van der Waals surface area contributed by atoms with E-state index in [-0.39, 0.29) is 23.2 Å². The highest BCUT2D eigenvalue weighted by Crippen LogP contribution is 2.15. The van der Waals surface area contributed by atoms with Crippen LogP contribution in [0.5, 0.6) is 0 Å². The maximum absolute atomic E-state index is 12.2. The topological polar surface area (TPSA) is 101 Å². The van der Waals surface area contributed by atoms with E-state index in [4.69, 9.17) is 0 Å². The number of amides is 1. The SMILES string of the molecule is Cc1ccc(Nc2nccc(C(=O)NC3CCS(=O)(=O)C3)n2)cc1. The third-order valence-electron chi connectivity index (χ3n) is 3.76. The summed E-state index contributed by atoms with van der Waals surface area (Å²) < 4.78 is 22.9. The molecule has 1 aromatic heterocycles. The molecule has 1 aliphatic rings. The second kappa shape index (κ2) is 6.56. The molecule has 1 aromatic carbocycles. The summed E-state index contributed by atoms with van der Waals surface area (Å²) in [6, 6.07) is 8.85. The first kappa shape index (κ1) is 16.4. The third kappa shape index (κ3) is 4.08. The smallest absolute Gasteiger partial charge is 0.270 e. The molecule has 126 valence electrons. The van der Waals surface area contributed by atoms with E-state index in [2.05, 4.69) is 20.6 Å². The molecule has 7 nitrogen and oxygen atoms in total. The quantitative estimate of drug-likeness (QED) is 0.869. The largest absolute Gasteiger partial charge is 0.347 e. The number of nitrogens with zero attached hydrogens (tertiary/aromatic N) is 2. The normalized spacial score (nSPS) is 19.0. The van der Waals surface area contributed by atoms with E-state index in [0.29, 0.717) is 12.4 Å². The van der Waals surface area contributed by atoms with Crippen molar-refractivity contribution in [2.75, 3.05) is 16.8 Å². The average Bonchev–Trinajstić information content (AvgIpc) is 2.88. The van der Waals surface area contributed by atoms with Crippen molar-refractivity contribution >= 4 is 27.4 Å².